The van der Waals surface area contributed by atoms with E-state index in [2.05, 4.69) is 12.2 Å². The molecule has 1 amide bonds. The molecule has 1 aromatic carbocycles. The summed E-state index contributed by atoms with van der Waals surface area (Å²) in [4.78, 5) is 13.9. The van der Waals surface area contributed by atoms with Crippen LogP contribution in [0.15, 0.2) is 36.4 Å². The molecule has 4 rings (SSSR count). The maximum Gasteiger partial charge on any atom is 0.233 e. The Morgan fingerprint density at radius 2 is 1.84 bits per heavy atom. The Balaban J connectivity index is 1.72. The van der Waals surface area contributed by atoms with E-state index in [1.54, 1.807) is 12.1 Å². The standard InChI is InChI=1S/C15H14FNO2/c16-10-3-5-11(6-4-10)17-14(18)12-8-1-2-9(7-8)13(12)15(17)19/h1-6,8-9,12-14,18H,7H2/t8-,9+,12-,13+,14+/m0/s1. The topological polar surface area (TPSA) is 40.5 Å². The molecule has 3 aliphatic rings. The number of allylic oxidation sites excluding steroid dienone is 2. The maximum atomic E-state index is 13.0. The SMILES string of the molecule is O=C1[C@H]2[C@@H]([C@@H](O)N1c1ccc(F)cc1)[C@H]1C=C[C@@H]2C1. The highest BCUT2D eigenvalue weighted by Gasteiger charge is 2.59. The summed E-state index contributed by atoms with van der Waals surface area (Å²) in [7, 11) is 0. The second kappa shape index (κ2) is 3.67. The summed E-state index contributed by atoms with van der Waals surface area (Å²) in [6.45, 7) is 0. The molecule has 0 radical (unpaired) electrons. The fourth-order valence-corrected chi connectivity index (χ4v) is 3.96. The van der Waals surface area contributed by atoms with Gasteiger partial charge in [0.2, 0.25) is 5.91 Å². The molecule has 0 unspecified atom stereocenters. The Labute approximate surface area is 110 Å². The number of aliphatic hydroxyl groups excluding tert-OH is 1. The average molecular weight is 259 g/mol. The van der Waals surface area contributed by atoms with E-state index in [9.17, 15) is 14.3 Å². The first-order chi connectivity index (χ1) is 9.16. The van der Waals surface area contributed by atoms with Gasteiger partial charge in [0.15, 0.2) is 0 Å². The van der Waals surface area contributed by atoms with Crippen LogP contribution >= 0.6 is 0 Å². The second-order valence-electron chi connectivity index (χ2n) is 5.65. The molecule has 2 bridgehead atoms. The minimum atomic E-state index is -0.789. The number of anilines is 1. The number of benzene rings is 1. The lowest BCUT2D eigenvalue weighted by Gasteiger charge is -2.25. The van der Waals surface area contributed by atoms with Gasteiger partial charge in [0.1, 0.15) is 12.0 Å². The van der Waals surface area contributed by atoms with Gasteiger partial charge in [0.25, 0.3) is 0 Å². The highest BCUT2D eigenvalue weighted by atomic mass is 19.1. The normalized spacial score (nSPS) is 39.2. The lowest BCUT2D eigenvalue weighted by Crippen LogP contribution is -2.36. The number of carbonyl (C=O) groups excluding carboxylic acids is 1. The highest BCUT2D eigenvalue weighted by Crippen LogP contribution is 2.54. The molecule has 0 spiro atoms. The summed E-state index contributed by atoms with van der Waals surface area (Å²) in [6.07, 6.45) is 4.42. The summed E-state index contributed by atoms with van der Waals surface area (Å²) >= 11 is 0. The third-order valence-corrected chi connectivity index (χ3v) is 4.76. The lowest BCUT2D eigenvalue weighted by atomic mass is 9.85. The molecule has 1 aliphatic heterocycles. The number of hydrogen-bond donors (Lipinski definition) is 1. The van der Waals surface area contributed by atoms with E-state index in [0.29, 0.717) is 11.6 Å². The van der Waals surface area contributed by atoms with Gasteiger partial charge in [-0.25, -0.2) is 4.39 Å². The largest absolute Gasteiger partial charge is 0.373 e. The number of rotatable bonds is 1. The van der Waals surface area contributed by atoms with Gasteiger partial charge in [-0.3, -0.25) is 9.69 Å². The molecule has 1 saturated carbocycles. The smallest absolute Gasteiger partial charge is 0.233 e. The summed E-state index contributed by atoms with van der Waals surface area (Å²) in [5, 5.41) is 10.5. The van der Waals surface area contributed by atoms with Crippen LogP contribution in [-0.2, 0) is 4.79 Å². The first-order valence-corrected chi connectivity index (χ1v) is 6.62. The van der Waals surface area contributed by atoms with Crippen molar-refractivity contribution in [3.63, 3.8) is 0 Å². The van der Waals surface area contributed by atoms with Crippen molar-refractivity contribution < 1.29 is 14.3 Å². The molecule has 0 aromatic heterocycles. The molecule has 3 nitrogen and oxygen atoms in total. The number of halogens is 1. The molecular weight excluding hydrogens is 245 g/mol. The maximum absolute atomic E-state index is 13.0. The van der Waals surface area contributed by atoms with E-state index in [-0.39, 0.29) is 29.5 Å². The predicted molar refractivity (Wildman–Crippen MR) is 67.6 cm³/mol. The number of hydrogen-bond acceptors (Lipinski definition) is 2. The van der Waals surface area contributed by atoms with Crippen molar-refractivity contribution in [3.05, 3.63) is 42.2 Å². The van der Waals surface area contributed by atoms with Gasteiger partial charge < -0.3 is 5.11 Å². The molecule has 1 N–H and O–H groups in total. The van der Waals surface area contributed by atoms with E-state index in [1.165, 1.54) is 17.0 Å². The molecule has 1 aromatic rings. The van der Waals surface area contributed by atoms with E-state index in [0.717, 1.165) is 6.42 Å². The minimum Gasteiger partial charge on any atom is -0.373 e. The fourth-order valence-electron chi connectivity index (χ4n) is 3.96. The van der Waals surface area contributed by atoms with Gasteiger partial charge in [0, 0.05) is 11.6 Å². The van der Waals surface area contributed by atoms with Gasteiger partial charge >= 0.3 is 0 Å². The molecule has 5 atom stereocenters. The summed E-state index contributed by atoms with van der Waals surface area (Å²) in [5.41, 5.74) is 0.577. The number of carbonyl (C=O) groups is 1. The number of nitrogens with zero attached hydrogens (tertiary/aromatic N) is 1. The van der Waals surface area contributed by atoms with Crippen molar-refractivity contribution in [2.24, 2.45) is 23.7 Å². The van der Waals surface area contributed by atoms with Crippen molar-refractivity contribution in [1.82, 2.24) is 0 Å². The Bertz CT molecular complexity index is 568. The van der Waals surface area contributed by atoms with Crippen molar-refractivity contribution in [1.29, 1.82) is 0 Å². The van der Waals surface area contributed by atoms with Crippen molar-refractivity contribution >= 4 is 11.6 Å². The van der Waals surface area contributed by atoms with Crippen LogP contribution in [-0.4, -0.2) is 17.2 Å². The van der Waals surface area contributed by atoms with Gasteiger partial charge in [-0.2, -0.15) is 0 Å². The monoisotopic (exact) mass is 259 g/mol. The highest BCUT2D eigenvalue weighted by molar-refractivity contribution is 5.99. The third-order valence-electron chi connectivity index (χ3n) is 4.76. The number of aliphatic hydroxyl groups is 1. The Morgan fingerprint density at radius 3 is 2.53 bits per heavy atom. The predicted octanol–water partition coefficient (Wildman–Crippen LogP) is 1.93. The quantitative estimate of drug-likeness (QED) is 0.783. The molecule has 98 valence electrons. The van der Waals surface area contributed by atoms with Crippen LogP contribution in [0.2, 0.25) is 0 Å². The fraction of sp³-hybridized carbons (Fsp3) is 0.400. The first kappa shape index (κ1) is 11.2. The number of amides is 1. The van der Waals surface area contributed by atoms with E-state index >= 15 is 0 Å². The molecule has 2 fully saturated rings. The third kappa shape index (κ3) is 1.38. The summed E-state index contributed by atoms with van der Waals surface area (Å²) in [5.74, 6) is 0.0948. The zero-order valence-electron chi connectivity index (χ0n) is 10.2. The first-order valence-electron chi connectivity index (χ1n) is 6.62. The summed E-state index contributed by atoms with van der Waals surface area (Å²) < 4.78 is 13.0. The minimum absolute atomic E-state index is 0.00690. The Hall–Kier alpha value is -1.68. The molecule has 1 heterocycles. The van der Waals surface area contributed by atoms with Crippen LogP contribution in [0, 0.1) is 29.5 Å². The zero-order chi connectivity index (χ0) is 13.1. The van der Waals surface area contributed by atoms with Crippen LogP contribution in [0.25, 0.3) is 0 Å². The van der Waals surface area contributed by atoms with Gasteiger partial charge in [-0.15, -0.1) is 0 Å². The Kier molecular flexibility index (Phi) is 2.16. The number of fused-ring (bicyclic) bond motifs is 5. The van der Waals surface area contributed by atoms with Gasteiger partial charge in [-0.05, 0) is 42.5 Å². The van der Waals surface area contributed by atoms with E-state index < -0.39 is 6.23 Å². The Morgan fingerprint density at radius 1 is 1.16 bits per heavy atom. The van der Waals surface area contributed by atoms with Crippen LogP contribution in [0.3, 0.4) is 0 Å². The van der Waals surface area contributed by atoms with Crippen molar-refractivity contribution in [3.8, 4) is 0 Å². The van der Waals surface area contributed by atoms with Crippen molar-refractivity contribution in [2.75, 3.05) is 4.90 Å². The van der Waals surface area contributed by atoms with Crippen LogP contribution in [0.1, 0.15) is 6.42 Å². The summed E-state index contributed by atoms with van der Waals surface area (Å²) in [6, 6.07) is 5.73. The van der Waals surface area contributed by atoms with E-state index in [4.69, 9.17) is 0 Å². The van der Waals surface area contributed by atoms with E-state index in [1.807, 2.05) is 0 Å². The molecule has 1 saturated heterocycles. The van der Waals surface area contributed by atoms with Gasteiger partial charge in [0.05, 0.1) is 5.92 Å². The molecule has 2 aliphatic carbocycles. The van der Waals surface area contributed by atoms with Crippen LogP contribution in [0.5, 0.6) is 0 Å². The average Bonchev–Trinajstić information content (AvgIpc) is 3.06. The van der Waals surface area contributed by atoms with Gasteiger partial charge in [-0.1, -0.05) is 12.2 Å². The molecule has 4 heteroatoms. The zero-order valence-corrected chi connectivity index (χ0v) is 10.2. The molecular formula is C15H14FNO2. The van der Waals surface area contributed by atoms with Crippen LogP contribution in [0.4, 0.5) is 10.1 Å². The molecule has 19 heavy (non-hydrogen) atoms. The van der Waals surface area contributed by atoms with Crippen molar-refractivity contribution in [2.45, 2.75) is 12.6 Å². The van der Waals surface area contributed by atoms with Crippen LogP contribution < -0.4 is 4.90 Å². The lowest BCUT2D eigenvalue weighted by molar-refractivity contribution is -0.121. The second-order valence-corrected chi connectivity index (χ2v) is 5.65.